The number of ether oxygens (including phenoxy) is 2. The molecule has 1 fully saturated rings. The number of para-hydroxylation sites is 2. The van der Waals surface area contributed by atoms with E-state index in [9.17, 15) is 9.59 Å². The zero-order valence-electron chi connectivity index (χ0n) is 19.0. The second-order valence-electron chi connectivity index (χ2n) is 8.49. The molecule has 1 amide bonds. The van der Waals surface area contributed by atoms with Gasteiger partial charge < -0.3 is 19.3 Å². The molecule has 32 heavy (non-hydrogen) atoms. The highest BCUT2D eigenvalue weighted by Gasteiger charge is 2.36. The van der Waals surface area contributed by atoms with Crippen LogP contribution in [0.25, 0.3) is 5.82 Å². The summed E-state index contributed by atoms with van der Waals surface area (Å²) in [4.78, 5) is 37.2. The summed E-state index contributed by atoms with van der Waals surface area (Å²) in [6.45, 7) is 9.71. The van der Waals surface area contributed by atoms with Crippen molar-refractivity contribution in [2.75, 3.05) is 38.1 Å². The van der Waals surface area contributed by atoms with Crippen LogP contribution in [0.5, 0.6) is 0 Å². The lowest BCUT2D eigenvalue weighted by Crippen LogP contribution is -2.51. The standard InChI is InChI=1S/C23H28N4O4S/c1-15-14-17-20(32-15)24-18-8-6-7-9-19(18)27(21(17)26-12-10-25(5)11-13-26)22(29)31-23(3,4)30-16(2)28/h6-9,14H,10-13H2,1-5H3. The van der Waals surface area contributed by atoms with E-state index in [1.54, 1.807) is 30.1 Å². The molecule has 0 unspecified atom stereocenters. The molecule has 1 aromatic carbocycles. The normalized spacial score (nSPS) is 16.6. The SMILES string of the molecule is CC(=O)OC(C)(C)OC(=O)N1C(N2CCN(C)CC2)=c2cc(C)sc2=Nc2ccccc21. The quantitative estimate of drug-likeness (QED) is 0.522. The molecule has 1 saturated heterocycles. The minimum Gasteiger partial charge on any atom is -0.423 e. The summed E-state index contributed by atoms with van der Waals surface area (Å²) in [6, 6.07) is 9.59. The number of carbonyl (C=O) groups is 2. The van der Waals surface area contributed by atoms with Crippen molar-refractivity contribution in [1.82, 2.24) is 9.80 Å². The number of aryl methyl sites for hydroxylation is 1. The third kappa shape index (κ3) is 4.49. The number of rotatable bonds is 3. The summed E-state index contributed by atoms with van der Waals surface area (Å²) in [5.41, 5.74) is 1.31. The summed E-state index contributed by atoms with van der Waals surface area (Å²) in [6.07, 6.45) is -0.621. The van der Waals surface area contributed by atoms with Crippen molar-refractivity contribution in [3.63, 3.8) is 0 Å². The molecule has 0 N–H and O–H groups in total. The maximum atomic E-state index is 13.7. The molecule has 4 rings (SSSR count). The van der Waals surface area contributed by atoms with Crippen LogP contribution in [-0.2, 0) is 14.3 Å². The predicted octanol–water partition coefficient (Wildman–Crippen LogP) is 2.58. The minimum atomic E-state index is -1.41. The smallest absolute Gasteiger partial charge is 0.423 e. The third-order valence-electron chi connectivity index (χ3n) is 5.34. The highest BCUT2D eigenvalue weighted by molar-refractivity contribution is 7.09. The van der Waals surface area contributed by atoms with Gasteiger partial charge in [-0.1, -0.05) is 12.1 Å². The highest BCUT2D eigenvalue weighted by Crippen LogP contribution is 2.35. The van der Waals surface area contributed by atoms with E-state index in [1.807, 2.05) is 31.2 Å². The number of hydrogen-bond donors (Lipinski definition) is 0. The van der Waals surface area contributed by atoms with Gasteiger partial charge in [-0.2, -0.15) is 0 Å². The molecule has 9 heteroatoms. The van der Waals surface area contributed by atoms with Crippen molar-refractivity contribution >= 4 is 40.6 Å². The Morgan fingerprint density at radius 1 is 1.09 bits per heavy atom. The van der Waals surface area contributed by atoms with E-state index in [0.717, 1.165) is 46.8 Å². The van der Waals surface area contributed by atoms with Crippen molar-refractivity contribution in [3.05, 3.63) is 45.1 Å². The molecule has 0 atom stereocenters. The molecule has 2 aromatic rings. The molecular formula is C23H28N4O4S. The average molecular weight is 457 g/mol. The molecule has 2 aliphatic rings. The zero-order valence-corrected chi connectivity index (χ0v) is 19.9. The number of amides is 1. The maximum absolute atomic E-state index is 13.7. The number of nitrogens with zero attached hydrogens (tertiary/aromatic N) is 4. The van der Waals surface area contributed by atoms with Crippen LogP contribution < -0.4 is 14.8 Å². The van der Waals surface area contributed by atoms with Gasteiger partial charge in [0.25, 0.3) is 5.79 Å². The van der Waals surface area contributed by atoms with E-state index in [1.165, 1.54) is 6.92 Å². The minimum absolute atomic E-state index is 0.520. The molecule has 3 heterocycles. The molecule has 0 saturated carbocycles. The number of thiophene rings is 1. The van der Waals surface area contributed by atoms with Gasteiger partial charge in [0.15, 0.2) is 0 Å². The van der Waals surface area contributed by atoms with E-state index >= 15 is 0 Å². The monoisotopic (exact) mass is 456 g/mol. The van der Waals surface area contributed by atoms with E-state index in [-0.39, 0.29) is 0 Å². The Hall–Kier alpha value is -2.91. The molecule has 170 valence electrons. The highest BCUT2D eigenvalue weighted by atomic mass is 32.1. The number of benzene rings is 1. The first-order valence-corrected chi connectivity index (χ1v) is 11.4. The second-order valence-corrected chi connectivity index (χ2v) is 9.72. The van der Waals surface area contributed by atoms with E-state index in [0.29, 0.717) is 11.4 Å². The van der Waals surface area contributed by atoms with Gasteiger partial charge >= 0.3 is 12.1 Å². The first-order chi connectivity index (χ1) is 15.1. The Kier molecular flexibility index (Phi) is 5.96. The lowest BCUT2D eigenvalue weighted by atomic mass is 10.2. The molecule has 0 spiro atoms. The topological polar surface area (TPSA) is 74.7 Å². The van der Waals surface area contributed by atoms with Gasteiger partial charge in [-0.25, -0.2) is 14.7 Å². The van der Waals surface area contributed by atoms with Crippen molar-refractivity contribution in [3.8, 4) is 0 Å². The number of esters is 1. The van der Waals surface area contributed by atoms with Crippen molar-refractivity contribution in [2.45, 2.75) is 33.5 Å². The van der Waals surface area contributed by atoms with Crippen LogP contribution in [0.15, 0.2) is 35.3 Å². The number of likely N-dealkylation sites (N-methyl/N-ethyl adjacent to an activating group) is 1. The van der Waals surface area contributed by atoms with Gasteiger partial charge in [0.2, 0.25) is 0 Å². The van der Waals surface area contributed by atoms with Gasteiger partial charge in [0.05, 0.1) is 16.6 Å². The van der Waals surface area contributed by atoms with Crippen LogP contribution in [0.2, 0.25) is 0 Å². The fourth-order valence-corrected chi connectivity index (χ4v) is 4.86. The summed E-state index contributed by atoms with van der Waals surface area (Å²) in [7, 11) is 2.09. The molecule has 1 aromatic heterocycles. The number of piperazine rings is 1. The predicted molar refractivity (Wildman–Crippen MR) is 123 cm³/mol. The number of anilines is 1. The summed E-state index contributed by atoms with van der Waals surface area (Å²) in [5.74, 6) is -1.19. The fourth-order valence-electron chi connectivity index (χ4n) is 3.97. The van der Waals surface area contributed by atoms with Crippen LogP contribution in [0, 0.1) is 6.92 Å². The van der Waals surface area contributed by atoms with Crippen molar-refractivity contribution in [1.29, 1.82) is 0 Å². The van der Waals surface area contributed by atoms with Crippen molar-refractivity contribution in [2.24, 2.45) is 4.99 Å². The van der Waals surface area contributed by atoms with Gasteiger partial charge in [-0.15, -0.1) is 11.3 Å². The van der Waals surface area contributed by atoms with Crippen molar-refractivity contribution < 1.29 is 19.1 Å². The molecule has 2 aliphatic heterocycles. The summed E-state index contributed by atoms with van der Waals surface area (Å²) < 4.78 is 11.8. The lowest BCUT2D eigenvalue weighted by molar-refractivity contribution is -0.191. The Bertz CT molecular complexity index is 1160. The van der Waals surface area contributed by atoms with Gasteiger partial charge in [0.1, 0.15) is 10.5 Å². The first kappa shape index (κ1) is 22.3. The fraction of sp³-hybridized carbons (Fsp3) is 0.435. The van der Waals surface area contributed by atoms with Crippen LogP contribution in [0.1, 0.15) is 25.6 Å². The lowest BCUT2D eigenvalue weighted by Gasteiger charge is -2.39. The molecule has 0 bridgehead atoms. The van der Waals surface area contributed by atoms with Gasteiger partial charge in [0, 0.05) is 51.8 Å². The van der Waals surface area contributed by atoms with Crippen LogP contribution in [-0.4, -0.2) is 60.9 Å². The molecule has 0 aliphatic carbocycles. The molecule has 8 nitrogen and oxygen atoms in total. The number of fused-ring (bicyclic) bond motifs is 2. The first-order valence-electron chi connectivity index (χ1n) is 10.6. The van der Waals surface area contributed by atoms with Crippen LogP contribution >= 0.6 is 11.3 Å². The Morgan fingerprint density at radius 2 is 1.78 bits per heavy atom. The van der Waals surface area contributed by atoms with Crippen LogP contribution in [0.3, 0.4) is 0 Å². The third-order valence-corrected chi connectivity index (χ3v) is 6.29. The summed E-state index contributed by atoms with van der Waals surface area (Å²) >= 11 is 1.60. The van der Waals surface area contributed by atoms with E-state index in [4.69, 9.17) is 14.5 Å². The Morgan fingerprint density at radius 3 is 2.47 bits per heavy atom. The Labute approximate surface area is 191 Å². The van der Waals surface area contributed by atoms with Crippen LogP contribution in [0.4, 0.5) is 16.2 Å². The van der Waals surface area contributed by atoms with E-state index in [2.05, 4.69) is 22.9 Å². The number of hydrogen-bond acceptors (Lipinski definition) is 8. The Balaban J connectivity index is 1.88. The van der Waals surface area contributed by atoms with Gasteiger partial charge in [-0.05, 0) is 32.2 Å². The second kappa shape index (κ2) is 8.55. The largest absolute Gasteiger partial charge is 0.423 e. The van der Waals surface area contributed by atoms with E-state index < -0.39 is 17.8 Å². The zero-order chi connectivity index (χ0) is 23.0. The van der Waals surface area contributed by atoms with Gasteiger partial charge in [-0.3, -0.25) is 4.79 Å². The molecular weight excluding hydrogens is 428 g/mol. The molecule has 0 radical (unpaired) electrons. The maximum Gasteiger partial charge on any atom is 0.423 e. The summed E-state index contributed by atoms with van der Waals surface area (Å²) in [5, 5.41) is 0.899. The number of carbonyl (C=O) groups excluding carboxylic acids is 2. The average Bonchev–Trinajstić information content (AvgIpc) is 2.99.